The van der Waals surface area contributed by atoms with E-state index >= 15 is 0 Å². The van der Waals surface area contributed by atoms with Crippen molar-refractivity contribution in [2.45, 2.75) is 33.9 Å². The number of hydrogen-bond donors (Lipinski definition) is 1. The molecule has 0 saturated carbocycles. The molecule has 0 aliphatic rings. The van der Waals surface area contributed by atoms with Crippen LogP contribution in [0.3, 0.4) is 0 Å². The van der Waals surface area contributed by atoms with Gasteiger partial charge in [-0.3, -0.25) is 18.7 Å². The van der Waals surface area contributed by atoms with E-state index in [1.165, 1.54) is 20.5 Å². The Bertz CT molecular complexity index is 1530. The summed E-state index contributed by atoms with van der Waals surface area (Å²) in [6.45, 7) is 5.83. The fraction of sp³-hybridized carbons (Fsp3) is 0.231. The highest BCUT2D eigenvalue weighted by atomic mass is 32.1. The van der Waals surface area contributed by atoms with Gasteiger partial charge >= 0.3 is 11.7 Å². The molecule has 180 valence electrons. The number of carbonyl (C=O) groups is 2. The fourth-order valence-corrected chi connectivity index (χ4v) is 4.60. The van der Waals surface area contributed by atoms with Crippen LogP contribution in [0.15, 0.2) is 63.5 Å². The molecule has 0 atom stereocenters. The number of rotatable bonds is 7. The van der Waals surface area contributed by atoms with Crippen LogP contribution in [0.5, 0.6) is 0 Å². The molecule has 0 radical (unpaired) electrons. The van der Waals surface area contributed by atoms with Crippen molar-refractivity contribution < 1.29 is 14.3 Å². The van der Waals surface area contributed by atoms with Crippen LogP contribution in [-0.2, 0) is 22.6 Å². The van der Waals surface area contributed by atoms with E-state index in [-0.39, 0.29) is 25.3 Å². The van der Waals surface area contributed by atoms with E-state index in [4.69, 9.17) is 4.74 Å². The molecule has 0 bridgehead atoms. The van der Waals surface area contributed by atoms with E-state index in [0.29, 0.717) is 21.5 Å². The third kappa shape index (κ3) is 5.09. The summed E-state index contributed by atoms with van der Waals surface area (Å²) in [5.41, 5.74) is 3.38. The predicted molar refractivity (Wildman–Crippen MR) is 136 cm³/mol. The lowest BCUT2D eigenvalue weighted by molar-refractivity contribution is -0.116. The minimum Gasteiger partial charge on any atom is -0.462 e. The van der Waals surface area contributed by atoms with Crippen LogP contribution in [0.2, 0.25) is 0 Å². The van der Waals surface area contributed by atoms with Gasteiger partial charge in [-0.15, -0.1) is 11.3 Å². The molecule has 2 aromatic carbocycles. The molecule has 0 unspecified atom stereocenters. The van der Waals surface area contributed by atoms with E-state index in [1.807, 2.05) is 32.0 Å². The Morgan fingerprint density at radius 3 is 2.40 bits per heavy atom. The first-order valence-electron chi connectivity index (χ1n) is 11.1. The van der Waals surface area contributed by atoms with Gasteiger partial charge in [-0.25, -0.2) is 9.59 Å². The van der Waals surface area contributed by atoms with Gasteiger partial charge in [0.2, 0.25) is 5.91 Å². The van der Waals surface area contributed by atoms with Crippen molar-refractivity contribution in [1.82, 2.24) is 9.13 Å². The summed E-state index contributed by atoms with van der Waals surface area (Å²) < 4.78 is 7.86. The third-order valence-electron chi connectivity index (χ3n) is 5.73. The summed E-state index contributed by atoms with van der Waals surface area (Å²) in [4.78, 5) is 51.0. The van der Waals surface area contributed by atoms with E-state index < -0.39 is 17.6 Å². The lowest BCUT2D eigenvalue weighted by Crippen LogP contribution is -2.41. The molecule has 0 saturated heterocycles. The fourth-order valence-electron chi connectivity index (χ4n) is 3.76. The third-order valence-corrected chi connectivity index (χ3v) is 6.62. The number of thiophene rings is 1. The quantitative estimate of drug-likeness (QED) is 0.398. The molecular weight excluding hydrogens is 466 g/mol. The van der Waals surface area contributed by atoms with Crippen molar-refractivity contribution in [2.24, 2.45) is 0 Å². The van der Waals surface area contributed by atoms with Crippen LogP contribution < -0.4 is 16.6 Å². The number of benzene rings is 2. The van der Waals surface area contributed by atoms with Crippen molar-refractivity contribution in [3.8, 4) is 0 Å². The van der Waals surface area contributed by atoms with Gasteiger partial charge < -0.3 is 10.1 Å². The Hall–Kier alpha value is -3.98. The average Bonchev–Trinajstić information content (AvgIpc) is 3.32. The molecule has 8 nitrogen and oxygen atoms in total. The Morgan fingerprint density at radius 2 is 1.71 bits per heavy atom. The van der Waals surface area contributed by atoms with Gasteiger partial charge in [-0.05, 0) is 73.2 Å². The van der Waals surface area contributed by atoms with Crippen LogP contribution in [0.1, 0.15) is 34.0 Å². The van der Waals surface area contributed by atoms with Crippen molar-refractivity contribution in [3.05, 3.63) is 97.0 Å². The Labute approximate surface area is 205 Å². The Morgan fingerprint density at radius 1 is 0.971 bits per heavy atom. The number of hydrogen-bond acceptors (Lipinski definition) is 6. The first-order valence-corrected chi connectivity index (χ1v) is 12.0. The maximum atomic E-state index is 13.3. The number of nitrogens with one attached hydrogen (secondary N) is 1. The van der Waals surface area contributed by atoms with Crippen molar-refractivity contribution in [3.63, 3.8) is 0 Å². The number of fused-ring (bicyclic) bond motifs is 1. The summed E-state index contributed by atoms with van der Waals surface area (Å²) >= 11 is 1.24. The molecule has 35 heavy (non-hydrogen) atoms. The van der Waals surface area contributed by atoms with Gasteiger partial charge in [0.05, 0.1) is 24.2 Å². The molecule has 4 aromatic rings. The summed E-state index contributed by atoms with van der Waals surface area (Å²) in [5, 5.41) is 4.47. The van der Waals surface area contributed by atoms with Gasteiger partial charge in [0.1, 0.15) is 11.2 Å². The summed E-state index contributed by atoms with van der Waals surface area (Å²) in [6, 6.07) is 13.8. The molecule has 4 rings (SSSR count). The molecule has 0 fully saturated rings. The van der Waals surface area contributed by atoms with E-state index in [9.17, 15) is 19.2 Å². The maximum Gasteiger partial charge on any atom is 0.338 e. The zero-order valence-corrected chi connectivity index (χ0v) is 20.5. The van der Waals surface area contributed by atoms with Crippen molar-refractivity contribution >= 4 is 39.1 Å². The summed E-state index contributed by atoms with van der Waals surface area (Å²) in [6.07, 6.45) is 0. The standard InChI is InChI=1S/C26H25N3O5S/c1-4-34-25(32)19-7-9-20(10-8-19)27-22(30)15-28-21-11-12-35-23(21)24(31)29(26(28)33)14-18-6-5-16(2)17(3)13-18/h5-13H,4,14-15H2,1-3H3,(H,27,30). The van der Waals surface area contributed by atoms with Crippen molar-refractivity contribution in [1.29, 1.82) is 0 Å². The molecular formula is C26H25N3O5S. The molecule has 1 amide bonds. The van der Waals surface area contributed by atoms with E-state index in [0.717, 1.165) is 16.7 Å². The highest BCUT2D eigenvalue weighted by Crippen LogP contribution is 2.17. The lowest BCUT2D eigenvalue weighted by atomic mass is 10.1. The van der Waals surface area contributed by atoms with E-state index in [2.05, 4.69) is 5.32 Å². The van der Waals surface area contributed by atoms with Gasteiger partial charge in [-0.2, -0.15) is 0 Å². The zero-order chi connectivity index (χ0) is 25.1. The first kappa shape index (κ1) is 24.2. The number of esters is 1. The van der Waals surface area contributed by atoms with Crippen LogP contribution in [0, 0.1) is 13.8 Å². The van der Waals surface area contributed by atoms with Crippen LogP contribution in [0.25, 0.3) is 10.2 Å². The molecule has 0 aliphatic heterocycles. The SMILES string of the molecule is CCOC(=O)c1ccc(NC(=O)Cn2c(=O)n(Cc3ccc(C)c(C)c3)c(=O)c3sccc32)cc1. The maximum absolute atomic E-state index is 13.3. The number of aryl methyl sites for hydroxylation is 2. The van der Waals surface area contributed by atoms with Gasteiger partial charge in [0.25, 0.3) is 5.56 Å². The molecule has 1 N–H and O–H groups in total. The Kier molecular flexibility index (Phi) is 6.97. The van der Waals surface area contributed by atoms with Gasteiger partial charge in [-0.1, -0.05) is 18.2 Å². The lowest BCUT2D eigenvalue weighted by Gasteiger charge is -2.13. The number of carbonyl (C=O) groups excluding carboxylic acids is 2. The second-order valence-corrected chi connectivity index (χ2v) is 9.08. The number of aromatic nitrogens is 2. The average molecular weight is 492 g/mol. The number of anilines is 1. The summed E-state index contributed by atoms with van der Waals surface area (Å²) in [7, 11) is 0. The molecule has 0 spiro atoms. The minimum absolute atomic E-state index is 0.115. The van der Waals surface area contributed by atoms with Crippen LogP contribution in [0.4, 0.5) is 5.69 Å². The largest absolute Gasteiger partial charge is 0.462 e. The highest BCUT2D eigenvalue weighted by Gasteiger charge is 2.17. The number of nitrogens with zero attached hydrogens (tertiary/aromatic N) is 2. The second kappa shape index (κ2) is 10.1. The Balaban J connectivity index is 1.61. The zero-order valence-electron chi connectivity index (χ0n) is 19.7. The van der Waals surface area contributed by atoms with Crippen LogP contribution in [-0.4, -0.2) is 27.6 Å². The highest BCUT2D eigenvalue weighted by molar-refractivity contribution is 7.17. The van der Waals surface area contributed by atoms with Crippen LogP contribution >= 0.6 is 11.3 Å². The first-order chi connectivity index (χ1) is 16.8. The monoisotopic (exact) mass is 491 g/mol. The number of amides is 1. The normalized spacial score (nSPS) is 10.9. The topological polar surface area (TPSA) is 99.4 Å². The number of ether oxygens (including phenoxy) is 1. The van der Waals surface area contributed by atoms with Gasteiger partial charge in [0, 0.05) is 5.69 Å². The predicted octanol–water partition coefficient (Wildman–Crippen LogP) is 3.71. The summed E-state index contributed by atoms with van der Waals surface area (Å²) in [5.74, 6) is -0.873. The second-order valence-electron chi connectivity index (χ2n) is 8.16. The molecule has 0 aliphatic carbocycles. The van der Waals surface area contributed by atoms with Gasteiger partial charge in [0.15, 0.2) is 0 Å². The molecule has 9 heteroatoms. The minimum atomic E-state index is -0.549. The smallest absolute Gasteiger partial charge is 0.338 e. The van der Waals surface area contributed by atoms with E-state index in [1.54, 1.807) is 42.6 Å². The van der Waals surface area contributed by atoms with Crippen molar-refractivity contribution in [2.75, 3.05) is 11.9 Å². The molecule has 2 heterocycles. The molecule has 2 aromatic heterocycles.